The first-order valence-electron chi connectivity index (χ1n) is 9.63. The Labute approximate surface area is 176 Å². The van der Waals surface area contributed by atoms with E-state index in [0.717, 1.165) is 5.56 Å². The summed E-state index contributed by atoms with van der Waals surface area (Å²) in [6, 6.07) is 12.8. The summed E-state index contributed by atoms with van der Waals surface area (Å²) in [5, 5.41) is 5.08. The summed E-state index contributed by atoms with van der Waals surface area (Å²) in [6.07, 6.45) is 1.29. The number of hydrogen-bond acceptors (Lipinski definition) is 5. The maximum absolute atomic E-state index is 13.0. The van der Waals surface area contributed by atoms with Gasteiger partial charge < -0.3 is 15.4 Å². The Kier molecular flexibility index (Phi) is 6.73. The van der Waals surface area contributed by atoms with E-state index in [1.165, 1.54) is 23.5 Å². The van der Waals surface area contributed by atoms with E-state index in [2.05, 4.69) is 10.6 Å². The zero-order valence-electron chi connectivity index (χ0n) is 16.9. The number of nitrogens with one attached hydrogen (secondary N) is 2. The molecule has 9 heteroatoms. The third-order valence-corrected chi connectivity index (χ3v) is 6.97. The van der Waals surface area contributed by atoms with Crippen LogP contribution in [0.3, 0.4) is 0 Å². The van der Waals surface area contributed by atoms with E-state index in [1.54, 1.807) is 24.3 Å². The molecule has 8 nitrogen and oxygen atoms in total. The molecule has 2 aromatic carbocycles. The normalized spacial score (nSPS) is 16.8. The molecular formula is C21H25N3O5S. The van der Waals surface area contributed by atoms with Gasteiger partial charge in [0.05, 0.1) is 12.0 Å². The van der Waals surface area contributed by atoms with Crippen LogP contribution < -0.4 is 15.4 Å². The van der Waals surface area contributed by atoms with Crippen LogP contribution in [-0.2, 0) is 19.6 Å². The van der Waals surface area contributed by atoms with Crippen LogP contribution in [0.15, 0.2) is 53.4 Å². The third kappa shape index (κ3) is 4.98. The monoisotopic (exact) mass is 431 g/mol. The first-order chi connectivity index (χ1) is 14.3. The molecule has 0 spiro atoms. The molecule has 2 aromatic rings. The maximum atomic E-state index is 13.0. The molecule has 2 N–H and O–H groups in total. The van der Waals surface area contributed by atoms with E-state index in [0.29, 0.717) is 30.8 Å². The molecule has 0 aromatic heterocycles. The molecule has 0 bridgehead atoms. The molecule has 1 unspecified atom stereocenters. The van der Waals surface area contributed by atoms with Crippen molar-refractivity contribution in [3.05, 3.63) is 54.1 Å². The molecule has 0 radical (unpaired) electrons. The van der Waals surface area contributed by atoms with Gasteiger partial charge in [-0.15, -0.1) is 0 Å². The van der Waals surface area contributed by atoms with Crippen LogP contribution in [0.5, 0.6) is 5.75 Å². The fraction of sp³-hybridized carbons (Fsp3) is 0.333. The van der Waals surface area contributed by atoms with Crippen LogP contribution in [0.2, 0.25) is 0 Å². The number of nitrogens with zero attached hydrogens (tertiary/aromatic N) is 1. The predicted molar refractivity (Wildman–Crippen MR) is 113 cm³/mol. The zero-order valence-corrected chi connectivity index (χ0v) is 17.7. The van der Waals surface area contributed by atoms with Gasteiger partial charge in [0.1, 0.15) is 5.75 Å². The zero-order chi connectivity index (χ0) is 21.7. The lowest BCUT2D eigenvalue weighted by Crippen LogP contribution is -2.45. The second kappa shape index (κ2) is 9.27. The number of amides is 2. The summed E-state index contributed by atoms with van der Waals surface area (Å²) in [5.74, 6) is -1.02. The largest absolute Gasteiger partial charge is 0.497 e. The van der Waals surface area contributed by atoms with Crippen LogP contribution in [-0.4, -0.2) is 50.8 Å². The second-order valence-corrected chi connectivity index (χ2v) is 9.01. The molecule has 2 amide bonds. The van der Waals surface area contributed by atoms with Crippen LogP contribution in [0.1, 0.15) is 18.4 Å². The smallest absolute Gasteiger partial charge is 0.313 e. The van der Waals surface area contributed by atoms with E-state index < -0.39 is 27.9 Å². The summed E-state index contributed by atoms with van der Waals surface area (Å²) >= 11 is 0. The molecule has 30 heavy (non-hydrogen) atoms. The Balaban J connectivity index is 1.60. The third-order valence-electron chi connectivity index (χ3n) is 5.00. The highest BCUT2D eigenvalue weighted by Crippen LogP contribution is 2.26. The van der Waals surface area contributed by atoms with E-state index in [4.69, 9.17) is 4.74 Å². The van der Waals surface area contributed by atoms with Gasteiger partial charge in [0.15, 0.2) is 0 Å². The molecule has 3 rings (SSSR count). The van der Waals surface area contributed by atoms with Crippen LogP contribution >= 0.6 is 0 Å². The lowest BCUT2D eigenvalue weighted by atomic mass is 10.2. The van der Waals surface area contributed by atoms with Gasteiger partial charge in [-0.1, -0.05) is 17.7 Å². The van der Waals surface area contributed by atoms with Crippen molar-refractivity contribution in [2.45, 2.75) is 30.7 Å². The van der Waals surface area contributed by atoms with Gasteiger partial charge in [0.2, 0.25) is 10.0 Å². The molecular weight excluding hydrogens is 406 g/mol. The number of rotatable bonds is 6. The standard InChI is InChI=1S/C21H25N3O5S/c1-15-5-7-16(8-6-15)23-21(26)20(25)22-14-17-4-3-13-24(17)30(27,28)19-11-9-18(29-2)10-12-19/h5-12,17H,3-4,13-14H2,1-2H3,(H,22,25)(H,23,26). The van der Waals surface area contributed by atoms with Crippen molar-refractivity contribution in [1.29, 1.82) is 0 Å². The SMILES string of the molecule is COc1ccc(S(=O)(=O)N2CCCC2CNC(=O)C(=O)Nc2ccc(C)cc2)cc1. The highest BCUT2D eigenvalue weighted by molar-refractivity contribution is 7.89. The number of methoxy groups -OCH3 is 1. The molecule has 1 fully saturated rings. The van der Waals surface area contributed by atoms with Gasteiger partial charge in [-0.05, 0) is 56.2 Å². The number of carbonyl (C=O) groups excluding carboxylic acids is 2. The Morgan fingerprint density at radius 1 is 1.07 bits per heavy atom. The minimum atomic E-state index is -3.71. The Morgan fingerprint density at radius 2 is 1.73 bits per heavy atom. The number of aryl methyl sites for hydroxylation is 1. The van der Waals surface area contributed by atoms with Gasteiger partial charge >= 0.3 is 11.8 Å². The average molecular weight is 432 g/mol. The quantitative estimate of drug-likeness (QED) is 0.680. The number of hydrogen-bond donors (Lipinski definition) is 2. The first kappa shape index (κ1) is 21.8. The molecule has 0 saturated carbocycles. The van der Waals surface area contributed by atoms with E-state index in [-0.39, 0.29) is 11.4 Å². The van der Waals surface area contributed by atoms with E-state index in [9.17, 15) is 18.0 Å². The minimum absolute atomic E-state index is 0.0650. The fourth-order valence-corrected chi connectivity index (χ4v) is 5.02. The molecule has 160 valence electrons. The van der Waals surface area contributed by atoms with Gasteiger partial charge in [-0.2, -0.15) is 4.31 Å². The number of ether oxygens (including phenoxy) is 1. The average Bonchev–Trinajstić information content (AvgIpc) is 3.23. The van der Waals surface area contributed by atoms with Gasteiger partial charge in [-0.3, -0.25) is 9.59 Å². The molecule has 1 aliphatic rings. The number of benzene rings is 2. The summed E-state index contributed by atoms with van der Waals surface area (Å²) < 4.78 is 32.4. The highest BCUT2D eigenvalue weighted by atomic mass is 32.2. The van der Waals surface area contributed by atoms with Gasteiger partial charge in [-0.25, -0.2) is 8.42 Å². The van der Waals surface area contributed by atoms with Crippen molar-refractivity contribution in [1.82, 2.24) is 9.62 Å². The summed E-state index contributed by atoms with van der Waals surface area (Å²) in [4.78, 5) is 24.4. The second-order valence-electron chi connectivity index (χ2n) is 7.12. The Bertz CT molecular complexity index is 1000. The van der Waals surface area contributed by atoms with E-state index >= 15 is 0 Å². The topological polar surface area (TPSA) is 105 Å². The molecule has 1 atom stereocenters. The number of anilines is 1. The summed E-state index contributed by atoms with van der Waals surface area (Å²) in [7, 11) is -2.20. The lowest BCUT2D eigenvalue weighted by molar-refractivity contribution is -0.136. The van der Waals surface area contributed by atoms with Crippen molar-refractivity contribution < 1.29 is 22.7 Å². The van der Waals surface area contributed by atoms with Crippen molar-refractivity contribution in [3.63, 3.8) is 0 Å². The van der Waals surface area contributed by atoms with Crippen molar-refractivity contribution in [2.75, 3.05) is 25.5 Å². The molecule has 1 aliphatic heterocycles. The van der Waals surface area contributed by atoms with Crippen LogP contribution in [0, 0.1) is 6.92 Å². The summed E-state index contributed by atoms with van der Waals surface area (Å²) in [5.41, 5.74) is 1.56. The van der Waals surface area contributed by atoms with Crippen molar-refractivity contribution in [2.24, 2.45) is 0 Å². The lowest BCUT2D eigenvalue weighted by Gasteiger charge is -2.24. The van der Waals surface area contributed by atoms with Gasteiger partial charge in [0.25, 0.3) is 0 Å². The number of sulfonamides is 1. The predicted octanol–water partition coefficient (Wildman–Crippen LogP) is 1.91. The van der Waals surface area contributed by atoms with E-state index in [1.807, 2.05) is 19.1 Å². The van der Waals surface area contributed by atoms with Crippen molar-refractivity contribution >= 4 is 27.5 Å². The molecule has 1 heterocycles. The Morgan fingerprint density at radius 3 is 2.37 bits per heavy atom. The van der Waals surface area contributed by atoms with Crippen LogP contribution in [0.4, 0.5) is 5.69 Å². The maximum Gasteiger partial charge on any atom is 0.313 e. The highest BCUT2D eigenvalue weighted by Gasteiger charge is 2.35. The Hall–Kier alpha value is -2.91. The molecule has 0 aliphatic carbocycles. The van der Waals surface area contributed by atoms with Crippen molar-refractivity contribution in [3.8, 4) is 5.75 Å². The summed E-state index contributed by atoms with van der Waals surface area (Å²) in [6.45, 7) is 2.35. The van der Waals surface area contributed by atoms with Crippen LogP contribution in [0.25, 0.3) is 0 Å². The van der Waals surface area contributed by atoms with Gasteiger partial charge in [0, 0.05) is 24.8 Å². The first-order valence-corrected chi connectivity index (χ1v) is 11.1. The fourth-order valence-electron chi connectivity index (χ4n) is 3.33. The molecule has 1 saturated heterocycles. The number of carbonyl (C=O) groups is 2. The minimum Gasteiger partial charge on any atom is -0.497 e.